The molecule has 0 fully saturated rings. The topological polar surface area (TPSA) is 122 Å². The van der Waals surface area contributed by atoms with Crippen LogP contribution in [0.1, 0.15) is 25.3 Å². The van der Waals surface area contributed by atoms with E-state index >= 15 is 0 Å². The highest BCUT2D eigenvalue weighted by Gasteiger charge is 2.24. The minimum atomic E-state index is -3.81. The molecule has 1 aromatic heterocycles. The van der Waals surface area contributed by atoms with Crippen LogP contribution in [-0.4, -0.2) is 38.5 Å². The fraction of sp³-hybridized carbons (Fsp3) is 0.353. The summed E-state index contributed by atoms with van der Waals surface area (Å²) >= 11 is 0. The number of benzene rings is 1. The molecule has 0 spiro atoms. The average Bonchev–Trinajstić information content (AvgIpc) is 2.90. The number of anilines is 2. The summed E-state index contributed by atoms with van der Waals surface area (Å²) in [7, 11) is -3.81. The van der Waals surface area contributed by atoms with E-state index in [2.05, 4.69) is 15.2 Å². The molecule has 0 saturated heterocycles. The standard InChI is InChI=1S/C17H22N4O5S/c1-11-17(12(2)26-20-11)27(24,25)18-8-9-21(14(4)23)16-7-5-6-15(10-16)19-13(3)22/h5-7,10,18H,8-9H2,1-4H3,(H,19,22). The molecule has 0 aliphatic rings. The second-order valence-corrected chi connectivity index (χ2v) is 7.66. The molecule has 146 valence electrons. The van der Waals surface area contributed by atoms with Gasteiger partial charge in [-0.1, -0.05) is 11.2 Å². The lowest BCUT2D eigenvalue weighted by atomic mass is 10.2. The van der Waals surface area contributed by atoms with Gasteiger partial charge in [0.1, 0.15) is 10.6 Å². The number of amides is 2. The highest BCUT2D eigenvalue weighted by molar-refractivity contribution is 7.89. The van der Waals surface area contributed by atoms with Gasteiger partial charge in [-0.2, -0.15) is 0 Å². The molecule has 2 rings (SSSR count). The Morgan fingerprint density at radius 2 is 1.93 bits per heavy atom. The fourth-order valence-corrected chi connectivity index (χ4v) is 3.99. The Kier molecular flexibility index (Phi) is 6.34. The predicted octanol–water partition coefficient (Wildman–Crippen LogP) is 1.58. The third-order valence-electron chi connectivity index (χ3n) is 3.72. The van der Waals surface area contributed by atoms with Crippen LogP contribution in [0.3, 0.4) is 0 Å². The first kappa shape index (κ1) is 20.6. The number of aryl methyl sites for hydroxylation is 2. The average molecular weight is 394 g/mol. The Morgan fingerprint density at radius 1 is 1.22 bits per heavy atom. The molecule has 10 heteroatoms. The van der Waals surface area contributed by atoms with E-state index in [0.717, 1.165) is 0 Å². The van der Waals surface area contributed by atoms with E-state index in [9.17, 15) is 18.0 Å². The summed E-state index contributed by atoms with van der Waals surface area (Å²) < 4.78 is 32.2. The van der Waals surface area contributed by atoms with Crippen molar-refractivity contribution >= 4 is 33.2 Å². The van der Waals surface area contributed by atoms with Gasteiger partial charge in [-0.25, -0.2) is 13.1 Å². The maximum absolute atomic E-state index is 12.4. The van der Waals surface area contributed by atoms with Gasteiger partial charge in [-0.3, -0.25) is 9.59 Å². The van der Waals surface area contributed by atoms with Crippen LogP contribution >= 0.6 is 0 Å². The van der Waals surface area contributed by atoms with E-state index in [1.54, 1.807) is 31.2 Å². The smallest absolute Gasteiger partial charge is 0.246 e. The van der Waals surface area contributed by atoms with Gasteiger partial charge in [0, 0.05) is 38.3 Å². The van der Waals surface area contributed by atoms with E-state index in [-0.39, 0.29) is 41.3 Å². The number of hydrogen-bond donors (Lipinski definition) is 2. The molecule has 0 aliphatic heterocycles. The molecule has 0 radical (unpaired) electrons. The van der Waals surface area contributed by atoms with Gasteiger partial charge in [0.05, 0.1) is 0 Å². The first-order chi connectivity index (χ1) is 12.6. The SMILES string of the molecule is CC(=O)Nc1cccc(N(CCNS(=O)(=O)c2c(C)noc2C)C(C)=O)c1. The highest BCUT2D eigenvalue weighted by Crippen LogP contribution is 2.21. The van der Waals surface area contributed by atoms with E-state index in [1.165, 1.54) is 25.7 Å². The molecule has 27 heavy (non-hydrogen) atoms. The Labute approximate surface area is 157 Å². The van der Waals surface area contributed by atoms with Crippen LogP contribution < -0.4 is 14.9 Å². The Hall–Kier alpha value is -2.72. The second-order valence-electron chi connectivity index (χ2n) is 5.95. The number of aromatic nitrogens is 1. The summed E-state index contributed by atoms with van der Waals surface area (Å²) in [4.78, 5) is 24.6. The summed E-state index contributed by atoms with van der Waals surface area (Å²) in [5.41, 5.74) is 1.36. The maximum Gasteiger partial charge on any atom is 0.246 e. The molecule has 1 aromatic carbocycles. The summed E-state index contributed by atoms with van der Waals surface area (Å²) in [5.74, 6) is -0.285. The van der Waals surface area contributed by atoms with Gasteiger partial charge in [-0.05, 0) is 32.0 Å². The van der Waals surface area contributed by atoms with Crippen LogP contribution in [0.5, 0.6) is 0 Å². The van der Waals surface area contributed by atoms with Crippen molar-refractivity contribution in [2.75, 3.05) is 23.3 Å². The Balaban J connectivity index is 2.12. The van der Waals surface area contributed by atoms with Gasteiger partial charge in [0.2, 0.25) is 21.8 Å². The number of carbonyl (C=O) groups excluding carboxylic acids is 2. The van der Waals surface area contributed by atoms with Crippen molar-refractivity contribution in [3.63, 3.8) is 0 Å². The monoisotopic (exact) mass is 394 g/mol. The summed E-state index contributed by atoms with van der Waals surface area (Å²) in [6.45, 7) is 5.94. The minimum Gasteiger partial charge on any atom is -0.360 e. The van der Waals surface area contributed by atoms with Crippen molar-refractivity contribution in [2.24, 2.45) is 0 Å². The molecule has 9 nitrogen and oxygen atoms in total. The molecule has 0 saturated carbocycles. The van der Waals surface area contributed by atoms with Crippen LogP contribution in [-0.2, 0) is 19.6 Å². The zero-order valence-corrected chi connectivity index (χ0v) is 16.4. The number of nitrogens with zero attached hydrogens (tertiary/aromatic N) is 2. The number of nitrogens with one attached hydrogen (secondary N) is 2. The zero-order valence-electron chi connectivity index (χ0n) is 15.6. The summed E-state index contributed by atoms with van der Waals surface area (Å²) in [6, 6.07) is 6.75. The minimum absolute atomic E-state index is 0.00363. The van der Waals surface area contributed by atoms with Crippen molar-refractivity contribution in [2.45, 2.75) is 32.6 Å². The van der Waals surface area contributed by atoms with E-state index in [0.29, 0.717) is 11.4 Å². The van der Waals surface area contributed by atoms with E-state index < -0.39 is 10.0 Å². The molecule has 0 aliphatic carbocycles. The predicted molar refractivity (Wildman–Crippen MR) is 99.9 cm³/mol. The number of carbonyl (C=O) groups is 2. The molecular weight excluding hydrogens is 372 g/mol. The van der Waals surface area contributed by atoms with Crippen LogP contribution in [0.25, 0.3) is 0 Å². The molecule has 0 bridgehead atoms. The van der Waals surface area contributed by atoms with Crippen molar-refractivity contribution < 1.29 is 22.5 Å². The molecule has 2 amide bonds. The van der Waals surface area contributed by atoms with Gasteiger partial charge in [0.15, 0.2) is 5.76 Å². The van der Waals surface area contributed by atoms with E-state index in [4.69, 9.17) is 4.52 Å². The fourth-order valence-electron chi connectivity index (χ4n) is 2.65. The van der Waals surface area contributed by atoms with Crippen LogP contribution in [0.15, 0.2) is 33.7 Å². The summed E-state index contributed by atoms with van der Waals surface area (Å²) in [5, 5.41) is 6.29. The molecule has 1 heterocycles. The molecular formula is C17H22N4O5S. The van der Waals surface area contributed by atoms with Crippen LogP contribution in [0, 0.1) is 13.8 Å². The first-order valence-electron chi connectivity index (χ1n) is 8.20. The lowest BCUT2D eigenvalue weighted by Gasteiger charge is -2.22. The molecule has 0 unspecified atom stereocenters. The number of hydrogen-bond acceptors (Lipinski definition) is 6. The normalized spacial score (nSPS) is 11.3. The number of sulfonamides is 1. The van der Waals surface area contributed by atoms with Crippen molar-refractivity contribution in [3.05, 3.63) is 35.7 Å². The third-order valence-corrected chi connectivity index (χ3v) is 5.43. The number of rotatable bonds is 7. The molecule has 2 aromatic rings. The van der Waals surface area contributed by atoms with Gasteiger partial charge < -0.3 is 14.7 Å². The van der Waals surface area contributed by atoms with E-state index in [1.807, 2.05) is 0 Å². The van der Waals surface area contributed by atoms with Gasteiger partial charge in [0.25, 0.3) is 0 Å². The van der Waals surface area contributed by atoms with Crippen molar-refractivity contribution in [3.8, 4) is 0 Å². The molecule has 0 atom stereocenters. The zero-order chi connectivity index (χ0) is 20.2. The highest BCUT2D eigenvalue weighted by atomic mass is 32.2. The van der Waals surface area contributed by atoms with Crippen LogP contribution in [0.4, 0.5) is 11.4 Å². The second kappa shape index (κ2) is 8.31. The Bertz CT molecular complexity index is 932. The lowest BCUT2D eigenvalue weighted by molar-refractivity contribution is -0.116. The van der Waals surface area contributed by atoms with Crippen LogP contribution in [0.2, 0.25) is 0 Å². The largest absolute Gasteiger partial charge is 0.360 e. The molecule has 2 N–H and O–H groups in total. The maximum atomic E-state index is 12.4. The van der Waals surface area contributed by atoms with Crippen molar-refractivity contribution in [1.29, 1.82) is 0 Å². The first-order valence-corrected chi connectivity index (χ1v) is 9.68. The van der Waals surface area contributed by atoms with Gasteiger partial charge in [-0.15, -0.1) is 0 Å². The Morgan fingerprint density at radius 3 is 2.48 bits per heavy atom. The quantitative estimate of drug-likeness (QED) is 0.735. The third kappa shape index (κ3) is 5.14. The lowest BCUT2D eigenvalue weighted by Crippen LogP contribution is -2.37. The van der Waals surface area contributed by atoms with Crippen molar-refractivity contribution in [1.82, 2.24) is 9.88 Å². The summed E-state index contributed by atoms with van der Waals surface area (Å²) in [6.07, 6.45) is 0. The van der Waals surface area contributed by atoms with Gasteiger partial charge >= 0.3 is 0 Å².